The molecule has 2 aromatic carbocycles. The standard InChI is InChI=1S/C18H17FN2O2/c1-21(11-13-5-3-4-6-15(13)19)18(22)17-9-12-7-8-14(23-2)10-16(12)20-17/h3-10,20H,11H2,1-2H3. The van der Waals surface area contributed by atoms with Gasteiger partial charge in [-0.2, -0.15) is 0 Å². The number of rotatable bonds is 4. The smallest absolute Gasteiger partial charge is 0.270 e. The Bertz CT molecular complexity index is 857. The van der Waals surface area contributed by atoms with Gasteiger partial charge in [-0.15, -0.1) is 0 Å². The molecule has 3 aromatic rings. The molecule has 0 aliphatic heterocycles. The summed E-state index contributed by atoms with van der Waals surface area (Å²) in [6, 6.07) is 13.8. The number of nitrogens with one attached hydrogen (secondary N) is 1. The van der Waals surface area contributed by atoms with Crippen molar-refractivity contribution in [2.24, 2.45) is 0 Å². The van der Waals surface area contributed by atoms with E-state index in [4.69, 9.17) is 4.74 Å². The highest BCUT2D eigenvalue weighted by Crippen LogP contribution is 2.22. The van der Waals surface area contributed by atoms with Crippen molar-refractivity contribution in [2.75, 3.05) is 14.2 Å². The fourth-order valence-corrected chi connectivity index (χ4v) is 2.51. The summed E-state index contributed by atoms with van der Waals surface area (Å²) in [6.07, 6.45) is 0. The third-order valence-electron chi connectivity index (χ3n) is 3.77. The van der Waals surface area contributed by atoms with Crippen LogP contribution in [0.4, 0.5) is 4.39 Å². The molecule has 23 heavy (non-hydrogen) atoms. The number of hydrogen-bond acceptors (Lipinski definition) is 2. The van der Waals surface area contributed by atoms with E-state index in [0.29, 0.717) is 11.3 Å². The van der Waals surface area contributed by atoms with Crippen LogP contribution in [0.3, 0.4) is 0 Å². The zero-order valence-electron chi connectivity index (χ0n) is 13.0. The molecule has 0 aliphatic carbocycles. The van der Waals surface area contributed by atoms with E-state index >= 15 is 0 Å². The van der Waals surface area contributed by atoms with E-state index in [2.05, 4.69) is 4.98 Å². The number of aromatic amines is 1. The second-order valence-electron chi connectivity index (χ2n) is 5.39. The average molecular weight is 312 g/mol. The number of nitrogens with zero attached hydrogens (tertiary/aromatic N) is 1. The highest BCUT2D eigenvalue weighted by atomic mass is 19.1. The monoisotopic (exact) mass is 312 g/mol. The van der Waals surface area contributed by atoms with Crippen LogP contribution < -0.4 is 4.74 Å². The Kier molecular flexibility index (Phi) is 4.02. The molecule has 1 heterocycles. The molecular weight excluding hydrogens is 295 g/mol. The summed E-state index contributed by atoms with van der Waals surface area (Å²) in [4.78, 5) is 17.1. The first-order chi connectivity index (χ1) is 11.1. The molecule has 1 N–H and O–H groups in total. The Morgan fingerprint density at radius 1 is 1.22 bits per heavy atom. The number of amides is 1. The van der Waals surface area contributed by atoms with E-state index in [1.807, 2.05) is 18.2 Å². The molecule has 4 nitrogen and oxygen atoms in total. The molecule has 0 aliphatic rings. The van der Waals surface area contributed by atoms with Crippen LogP contribution >= 0.6 is 0 Å². The predicted octanol–water partition coefficient (Wildman–Crippen LogP) is 3.59. The molecule has 0 unspecified atom stereocenters. The minimum atomic E-state index is -0.312. The Morgan fingerprint density at radius 2 is 2.00 bits per heavy atom. The first-order valence-corrected chi connectivity index (χ1v) is 7.24. The Balaban J connectivity index is 1.83. The highest BCUT2D eigenvalue weighted by molar-refractivity contribution is 5.98. The molecule has 0 saturated carbocycles. The van der Waals surface area contributed by atoms with Crippen molar-refractivity contribution in [1.82, 2.24) is 9.88 Å². The van der Waals surface area contributed by atoms with Crippen LogP contribution in [0.5, 0.6) is 5.75 Å². The van der Waals surface area contributed by atoms with E-state index in [-0.39, 0.29) is 18.3 Å². The number of H-pyrrole nitrogens is 1. The second kappa shape index (κ2) is 6.12. The van der Waals surface area contributed by atoms with E-state index in [1.165, 1.54) is 11.0 Å². The summed E-state index contributed by atoms with van der Waals surface area (Å²) >= 11 is 0. The highest BCUT2D eigenvalue weighted by Gasteiger charge is 2.16. The molecule has 3 rings (SSSR count). The van der Waals surface area contributed by atoms with Crippen LogP contribution in [-0.2, 0) is 6.54 Å². The van der Waals surface area contributed by atoms with Gasteiger partial charge in [0.2, 0.25) is 0 Å². The van der Waals surface area contributed by atoms with Gasteiger partial charge >= 0.3 is 0 Å². The van der Waals surface area contributed by atoms with Crippen LogP contribution in [0.2, 0.25) is 0 Å². The predicted molar refractivity (Wildman–Crippen MR) is 87.0 cm³/mol. The zero-order chi connectivity index (χ0) is 16.4. The quantitative estimate of drug-likeness (QED) is 0.800. The molecule has 0 saturated heterocycles. The van der Waals surface area contributed by atoms with Gasteiger partial charge in [0, 0.05) is 36.1 Å². The summed E-state index contributed by atoms with van der Waals surface area (Å²) in [5.74, 6) is 0.218. The number of fused-ring (bicyclic) bond motifs is 1. The summed E-state index contributed by atoms with van der Waals surface area (Å²) in [6.45, 7) is 0.212. The van der Waals surface area contributed by atoms with Crippen molar-refractivity contribution < 1.29 is 13.9 Å². The molecule has 0 atom stereocenters. The van der Waals surface area contributed by atoms with Gasteiger partial charge in [0.05, 0.1) is 7.11 Å². The van der Waals surface area contributed by atoms with Crippen LogP contribution in [0.15, 0.2) is 48.5 Å². The summed E-state index contributed by atoms with van der Waals surface area (Å²) in [5, 5.41) is 0.924. The number of carbonyl (C=O) groups excluding carboxylic acids is 1. The van der Waals surface area contributed by atoms with Crippen molar-refractivity contribution in [2.45, 2.75) is 6.54 Å². The lowest BCUT2D eigenvalue weighted by molar-refractivity contribution is 0.0779. The Hall–Kier alpha value is -2.82. The van der Waals surface area contributed by atoms with Crippen LogP contribution in [0.1, 0.15) is 16.1 Å². The van der Waals surface area contributed by atoms with Gasteiger partial charge in [-0.3, -0.25) is 4.79 Å². The van der Waals surface area contributed by atoms with Crippen molar-refractivity contribution >= 4 is 16.8 Å². The lowest BCUT2D eigenvalue weighted by Gasteiger charge is -2.16. The van der Waals surface area contributed by atoms with E-state index < -0.39 is 0 Å². The molecular formula is C18H17FN2O2. The van der Waals surface area contributed by atoms with E-state index in [9.17, 15) is 9.18 Å². The number of benzene rings is 2. The topological polar surface area (TPSA) is 45.3 Å². The minimum absolute atomic E-state index is 0.191. The fourth-order valence-electron chi connectivity index (χ4n) is 2.51. The average Bonchev–Trinajstić information content (AvgIpc) is 2.99. The van der Waals surface area contributed by atoms with Crippen molar-refractivity contribution in [1.29, 1.82) is 0 Å². The molecule has 0 bridgehead atoms. The summed E-state index contributed by atoms with van der Waals surface area (Å²) in [5.41, 5.74) is 1.78. The molecule has 0 radical (unpaired) electrons. The minimum Gasteiger partial charge on any atom is -0.497 e. The largest absolute Gasteiger partial charge is 0.497 e. The van der Waals surface area contributed by atoms with Gasteiger partial charge < -0.3 is 14.6 Å². The number of halogens is 1. The zero-order valence-corrected chi connectivity index (χ0v) is 13.0. The van der Waals surface area contributed by atoms with Crippen molar-refractivity contribution in [3.05, 3.63) is 65.6 Å². The summed E-state index contributed by atoms with van der Waals surface area (Å²) in [7, 11) is 3.25. The SMILES string of the molecule is COc1ccc2cc(C(=O)N(C)Cc3ccccc3F)[nH]c2c1. The molecule has 0 spiro atoms. The number of methoxy groups -OCH3 is 1. The fraction of sp³-hybridized carbons (Fsp3) is 0.167. The molecule has 118 valence electrons. The summed E-state index contributed by atoms with van der Waals surface area (Å²) < 4.78 is 18.9. The van der Waals surface area contributed by atoms with Crippen molar-refractivity contribution in [3.8, 4) is 5.75 Å². The molecule has 1 amide bonds. The van der Waals surface area contributed by atoms with Crippen LogP contribution in [-0.4, -0.2) is 29.9 Å². The third kappa shape index (κ3) is 3.04. The maximum absolute atomic E-state index is 13.7. The van der Waals surface area contributed by atoms with Crippen LogP contribution in [0, 0.1) is 5.82 Å². The van der Waals surface area contributed by atoms with E-state index in [0.717, 1.165) is 16.7 Å². The van der Waals surface area contributed by atoms with Crippen molar-refractivity contribution in [3.63, 3.8) is 0 Å². The van der Waals surface area contributed by atoms with E-state index in [1.54, 1.807) is 38.4 Å². The number of aromatic nitrogens is 1. The van der Waals surface area contributed by atoms with Gasteiger partial charge in [0.25, 0.3) is 5.91 Å². The normalized spacial score (nSPS) is 10.7. The Labute approximate surface area is 133 Å². The maximum atomic E-state index is 13.7. The lowest BCUT2D eigenvalue weighted by Crippen LogP contribution is -2.26. The molecule has 1 aromatic heterocycles. The lowest BCUT2D eigenvalue weighted by atomic mass is 10.2. The first-order valence-electron chi connectivity index (χ1n) is 7.24. The number of ether oxygens (including phenoxy) is 1. The maximum Gasteiger partial charge on any atom is 0.270 e. The third-order valence-corrected chi connectivity index (χ3v) is 3.77. The number of hydrogen-bond donors (Lipinski definition) is 1. The van der Waals surface area contributed by atoms with Gasteiger partial charge in [-0.05, 0) is 24.3 Å². The van der Waals surface area contributed by atoms with Gasteiger partial charge in [-0.1, -0.05) is 18.2 Å². The molecule has 0 fully saturated rings. The molecule has 5 heteroatoms. The van der Waals surface area contributed by atoms with Gasteiger partial charge in [-0.25, -0.2) is 4.39 Å². The van der Waals surface area contributed by atoms with Crippen LogP contribution in [0.25, 0.3) is 10.9 Å². The second-order valence-corrected chi connectivity index (χ2v) is 5.39. The first kappa shape index (κ1) is 15.1. The number of carbonyl (C=O) groups is 1. The Morgan fingerprint density at radius 3 is 2.74 bits per heavy atom. The van der Waals surface area contributed by atoms with Gasteiger partial charge in [0.15, 0.2) is 0 Å². The van der Waals surface area contributed by atoms with Gasteiger partial charge in [0.1, 0.15) is 17.3 Å².